The Bertz CT molecular complexity index is 417. The minimum absolute atomic E-state index is 0.223. The van der Waals surface area contributed by atoms with Crippen molar-refractivity contribution in [1.82, 2.24) is 4.90 Å². The lowest BCUT2D eigenvalue weighted by Crippen LogP contribution is -2.32. The van der Waals surface area contributed by atoms with Gasteiger partial charge in [0.2, 0.25) is 5.91 Å². The van der Waals surface area contributed by atoms with Gasteiger partial charge in [0.25, 0.3) is 0 Å². The van der Waals surface area contributed by atoms with Gasteiger partial charge in [-0.3, -0.25) is 4.79 Å². The molecule has 0 fully saturated rings. The predicted molar refractivity (Wildman–Crippen MR) is 85.0 cm³/mol. The summed E-state index contributed by atoms with van der Waals surface area (Å²) in [4.78, 5) is 14.2. The Morgan fingerprint density at radius 3 is 1.95 bits per heavy atom. The summed E-state index contributed by atoms with van der Waals surface area (Å²) in [5.41, 5.74) is 1.06. The highest BCUT2D eigenvalue weighted by Gasteiger charge is 2.12. The van der Waals surface area contributed by atoms with Crippen LogP contribution in [-0.4, -0.2) is 38.1 Å². The van der Waals surface area contributed by atoms with Gasteiger partial charge in [0.1, 0.15) is 11.5 Å². The molecule has 0 unspecified atom stereocenters. The van der Waals surface area contributed by atoms with Gasteiger partial charge in [-0.1, -0.05) is 13.8 Å². The summed E-state index contributed by atoms with van der Waals surface area (Å²) in [6.45, 7) is 5.88. The molecule has 0 atom stereocenters. The fraction of sp³-hybridized carbons (Fsp3) is 0.588. The standard InChI is InChI=1S/C17H27NO3/c1-5-9-18(10-6-2)17(19)8-7-14-11-15(20-3)13-16(12-14)21-4/h11-13H,5-10H2,1-4H3. The molecule has 1 amide bonds. The zero-order chi connectivity index (χ0) is 15.7. The monoisotopic (exact) mass is 293 g/mol. The van der Waals surface area contributed by atoms with Gasteiger partial charge in [0, 0.05) is 25.6 Å². The number of rotatable bonds is 9. The van der Waals surface area contributed by atoms with Crippen LogP contribution in [0.4, 0.5) is 0 Å². The summed E-state index contributed by atoms with van der Waals surface area (Å²) in [6, 6.07) is 5.76. The van der Waals surface area contributed by atoms with Gasteiger partial charge in [-0.25, -0.2) is 0 Å². The lowest BCUT2D eigenvalue weighted by Gasteiger charge is -2.21. The Balaban J connectivity index is 2.66. The van der Waals surface area contributed by atoms with Gasteiger partial charge in [0.05, 0.1) is 14.2 Å². The lowest BCUT2D eigenvalue weighted by atomic mass is 10.1. The van der Waals surface area contributed by atoms with Crippen molar-refractivity contribution < 1.29 is 14.3 Å². The first-order chi connectivity index (χ1) is 10.1. The van der Waals surface area contributed by atoms with E-state index in [9.17, 15) is 4.79 Å². The molecule has 0 N–H and O–H groups in total. The highest BCUT2D eigenvalue weighted by Crippen LogP contribution is 2.23. The summed E-state index contributed by atoms with van der Waals surface area (Å²) in [5, 5.41) is 0. The molecule has 118 valence electrons. The molecular formula is C17H27NO3. The molecule has 0 aliphatic heterocycles. The van der Waals surface area contributed by atoms with Crippen molar-refractivity contribution in [3.8, 4) is 11.5 Å². The van der Waals surface area contributed by atoms with E-state index in [1.54, 1.807) is 14.2 Å². The van der Waals surface area contributed by atoms with Gasteiger partial charge in [-0.05, 0) is 37.0 Å². The zero-order valence-electron chi connectivity index (χ0n) is 13.6. The Morgan fingerprint density at radius 1 is 1.00 bits per heavy atom. The predicted octanol–water partition coefficient (Wildman–Crippen LogP) is 3.29. The molecule has 0 spiro atoms. The van der Waals surface area contributed by atoms with Gasteiger partial charge in [-0.2, -0.15) is 0 Å². The molecule has 0 aromatic heterocycles. The highest BCUT2D eigenvalue weighted by molar-refractivity contribution is 5.76. The van der Waals surface area contributed by atoms with Gasteiger partial charge < -0.3 is 14.4 Å². The second kappa shape index (κ2) is 9.27. The van der Waals surface area contributed by atoms with Crippen LogP contribution in [-0.2, 0) is 11.2 Å². The average Bonchev–Trinajstić information content (AvgIpc) is 2.51. The topological polar surface area (TPSA) is 38.8 Å². The zero-order valence-corrected chi connectivity index (χ0v) is 13.6. The van der Waals surface area contributed by atoms with Crippen LogP contribution >= 0.6 is 0 Å². The molecule has 0 aliphatic carbocycles. The Kier molecular flexibility index (Phi) is 7.65. The molecule has 0 saturated carbocycles. The van der Waals surface area contributed by atoms with Crippen molar-refractivity contribution in [3.05, 3.63) is 23.8 Å². The minimum Gasteiger partial charge on any atom is -0.497 e. The number of carbonyl (C=O) groups is 1. The summed E-state index contributed by atoms with van der Waals surface area (Å²) >= 11 is 0. The Labute approximate surface area is 128 Å². The summed E-state index contributed by atoms with van der Waals surface area (Å²) < 4.78 is 10.5. The molecule has 0 heterocycles. The lowest BCUT2D eigenvalue weighted by molar-refractivity contribution is -0.131. The molecule has 0 radical (unpaired) electrons. The second-order valence-electron chi connectivity index (χ2n) is 5.10. The molecule has 1 rings (SSSR count). The van der Waals surface area contributed by atoms with E-state index in [0.29, 0.717) is 12.8 Å². The van der Waals surface area contributed by atoms with Gasteiger partial charge in [-0.15, -0.1) is 0 Å². The van der Waals surface area contributed by atoms with E-state index < -0.39 is 0 Å². The van der Waals surface area contributed by atoms with Crippen LogP contribution in [0, 0.1) is 0 Å². The van der Waals surface area contributed by atoms with Crippen LogP contribution in [0.5, 0.6) is 11.5 Å². The number of amides is 1. The molecule has 0 bridgehead atoms. The van der Waals surface area contributed by atoms with Gasteiger partial charge >= 0.3 is 0 Å². The smallest absolute Gasteiger partial charge is 0.222 e. The molecule has 4 heteroatoms. The van der Waals surface area contributed by atoms with E-state index in [4.69, 9.17) is 9.47 Å². The highest BCUT2D eigenvalue weighted by atomic mass is 16.5. The second-order valence-corrected chi connectivity index (χ2v) is 5.10. The van der Waals surface area contributed by atoms with Crippen molar-refractivity contribution in [1.29, 1.82) is 0 Å². The third-order valence-corrected chi connectivity index (χ3v) is 3.38. The van der Waals surface area contributed by atoms with E-state index in [2.05, 4.69) is 13.8 Å². The first kappa shape index (κ1) is 17.3. The fourth-order valence-electron chi connectivity index (χ4n) is 2.32. The van der Waals surface area contributed by atoms with Crippen molar-refractivity contribution in [2.45, 2.75) is 39.5 Å². The van der Waals surface area contributed by atoms with E-state index in [1.807, 2.05) is 23.1 Å². The van der Waals surface area contributed by atoms with Crippen LogP contribution < -0.4 is 9.47 Å². The number of ether oxygens (including phenoxy) is 2. The molecule has 0 saturated heterocycles. The van der Waals surface area contributed by atoms with Crippen LogP contribution in [0.15, 0.2) is 18.2 Å². The van der Waals surface area contributed by atoms with Crippen molar-refractivity contribution in [3.63, 3.8) is 0 Å². The van der Waals surface area contributed by atoms with Crippen molar-refractivity contribution in [2.24, 2.45) is 0 Å². The number of benzene rings is 1. The normalized spacial score (nSPS) is 10.3. The molecule has 21 heavy (non-hydrogen) atoms. The van der Waals surface area contributed by atoms with E-state index in [1.165, 1.54) is 0 Å². The molecule has 1 aromatic rings. The van der Waals surface area contributed by atoms with E-state index in [-0.39, 0.29) is 5.91 Å². The SMILES string of the molecule is CCCN(CCC)C(=O)CCc1cc(OC)cc(OC)c1. The molecular weight excluding hydrogens is 266 g/mol. The van der Waals surface area contributed by atoms with Crippen molar-refractivity contribution in [2.75, 3.05) is 27.3 Å². The van der Waals surface area contributed by atoms with E-state index >= 15 is 0 Å². The maximum absolute atomic E-state index is 12.3. The quantitative estimate of drug-likeness (QED) is 0.701. The number of methoxy groups -OCH3 is 2. The first-order valence-electron chi connectivity index (χ1n) is 7.64. The molecule has 0 aliphatic rings. The van der Waals surface area contributed by atoms with Crippen molar-refractivity contribution >= 4 is 5.91 Å². The summed E-state index contributed by atoms with van der Waals surface area (Å²) in [6.07, 6.45) is 3.23. The Hall–Kier alpha value is -1.71. The summed E-state index contributed by atoms with van der Waals surface area (Å²) in [5.74, 6) is 1.74. The Morgan fingerprint density at radius 2 is 1.52 bits per heavy atom. The number of aryl methyl sites for hydroxylation is 1. The van der Waals surface area contributed by atoms with Crippen LogP contribution in [0.25, 0.3) is 0 Å². The van der Waals surface area contributed by atoms with E-state index in [0.717, 1.165) is 43.0 Å². The number of nitrogens with zero attached hydrogens (tertiary/aromatic N) is 1. The number of hydrogen-bond donors (Lipinski definition) is 0. The van der Waals surface area contributed by atoms with Crippen LogP contribution in [0.1, 0.15) is 38.7 Å². The molecule has 4 nitrogen and oxygen atoms in total. The largest absolute Gasteiger partial charge is 0.497 e. The maximum atomic E-state index is 12.3. The third kappa shape index (κ3) is 5.66. The number of hydrogen-bond acceptors (Lipinski definition) is 3. The fourth-order valence-corrected chi connectivity index (χ4v) is 2.32. The summed E-state index contributed by atoms with van der Waals surface area (Å²) in [7, 11) is 3.27. The maximum Gasteiger partial charge on any atom is 0.222 e. The molecule has 1 aromatic carbocycles. The van der Waals surface area contributed by atoms with Gasteiger partial charge in [0.15, 0.2) is 0 Å². The van der Waals surface area contributed by atoms with Crippen LogP contribution in [0.2, 0.25) is 0 Å². The first-order valence-corrected chi connectivity index (χ1v) is 7.64. The number of carbonyl (C=O) groups excluding carboxylic acids is 1. The van der Waals surface area contributed by atoms with Crippen LogP contribution in [0.3, 0.4) is 0 Å². The minimum atomic E-state index is 0.223. The third-order valence-electron chi connectivity index (χ3n) is 3.38. The average molecular weight is 293 g/mol.